The van der Waals surface area contributed by atoms with Gasteiger partial charge in [-0.05, 0) is 12.3 Å². The van der Waals surface area contributed by atoms with Gasteiger partial charge in [-0.1, -0.05) is 13.8 Å². The summed E-state index contributed by atoms with van der Waals surface area (Å²) in [6.45, 7) is 1.49. The molecule has 0 aliphatic carbocycles. The van der Waals surface area contributed by atoms with E-state index in [4.69, 9.17) is 30.4 Å². The molecular weight excluding hydrogens is 440 g/mol. The van der Waals surface area contributed by atoms with E-state index in [2.05, 4.69) is 14.4 Å². The minimum Gasteiger partial charge on any atom is -0.480 e. The second-order valence-corrected chi connectivity index (χ2v) is 8.75. The van der Waals surface area contributed by atoms with E-state index in [0.717, 1.165) is 0 Å². The summed E-state index contributed by atoms with van der Waals surface area (Å²) in [6, 6.07) is -4.67. The van der Waals surface area contributed by atoms with Crippen LogP contribution in [0.2, 0.25) is 0 Å². The maximum atomic E-state index is 12.4. The van der Waals surface area contributed by atoms with Gasteiger partial charge in [0.15, 0.2) is 6.04 Å². The van der Waals surface area contributed by atoms with Crippen LogP contribution in [0, 0.1) is 5.92 Å². The Labute approximate surface area is 165 Å². The molecule has 3 atom stereocenters. The zero-order chi connectivity index (χ0) is 23.0. The summed E-state index contributed by atoms with van der Waals surface area (Å²) in [7, 11) is -9.85. The molecule has 0 aliphatic rings. The monoisotopic (exact) mass is 465 g/mol. The van der Waals surface area contributed by atoms with Gasteiger partial charge in [-0.3, -0.25) is 18.6 Å². The van der Waals surface area contributed by atoms with Gasteiger partial charge in [0.25, 0.3) is 0 Å². The van der Waals surface area contributed by atoms with Crippen molar-refractivity contribution in [2.45, 2.75) is 38.4 Å². The first kappa shape index (κ1) is 27.6. The number of rotatable bonds is 13. The number of hydrogen-bond donors (Lipinski definition) is 8. The normalized spacial score (nSPS) is 15.4. The van der Waals surface area contributed by atoms with Crippen LogP contribution in [0.3, 0.4) is 0 Å². The minimum atomic E-state index is -4.98. The van der Waals surface area contributed by atoms with Gasteiger partial charge in [-0.15, -0.1) is 0 Å². The highest BCUT2D eigenvalue weighted by molar-refractivity contribution is 7.46. The molecule has 0 unspecified atom stereocenters. The number of carbonyl (C=O) groups is 3. The van der Waals surface area contributed by atoms with E-state index in [1.807, 2.05) is 5.32 Å². The van der Waals surface area contributed by atoms with Crippen LogP contribution < -0.4 is 16.4 Å². The number of carboxylic acids is 1. The van der Waals surface area contributed by atoms with Gasteiger partial charge < -0.3 is 41.0 Å². The van der Waals surface area contributed by atoms with Crippen LogP contribution in [0.15, 0.2) is 0 Å². The molecule has 0 rings (SSSR count). The summed E-state index contributed by atoms with van der Waals surface area (Å²) in [6.07, 6.45) is 0.0231. The molecular formula is C12H25N3O12P2. The Morgan fingerprint density at radius 1 is 0.897 bits per heavy atom. The quantitative estimate of drug-likeness (QED) is 0.133. The molecule has 2 amide bonds. The minimum absolute atomic E-state index is 0.0231. The first-order chi connectivity index (χ1) is 13.0. The molecule has 0 spiro atoms. The van der Waals surface area contributed by atoms with Gasteiger partial charge in [0.05, 0.1) is 13.2 Å². The van der Waals surface area contributed by atoms with E-state index in [-0.39, 0.29) is 12.3 Å². The SMILES string of the molecule is CC(C)C[C@H](NC(=O)[C@@H](N)COP(=O)(O)O)C(=O)N[C@@H](COP(=O)(O)O)C(=O)O. The highest BCUT2D eigenvalue weighted by Crippen LogP contribution is 2.36. The van der Waals surface area contributed by atoms with E-state index >= 15 is 0 Å². The lowest BCUT2D eigenvalue weighted by Crippen LogP contribution is -2.56. The summed E-state index contributed by atoms with van der Waals surface area (Å²) in [4.78, 5) is 70.1. The van der Waals surface area contributed by atoms with E-state index < -0.39 is 64.8 Å². The second-order valence-electron chi connectivity index (χ2n) is 6.27. The fourth-order valence-electron chi connectivity index (χ4n) is 1.85. The van der Waals surface area contributed by atoms with E-state index in [0.29, 0.717) is 0 Å². The van der Waals surface area contributed by atoms with Gasteiger partial charge in [-0.2, -0.15) is 0 Å². The molecule has 29 heavy (non-hydrogen) atoms. The van der Waals surface area contributed by atoms with Crippen LogP contribution in [0.4, 0.5) is 0 Å². The first-order valence-electron chi connectivity index (χ1n) is 8.01. The molecule has 0 fully saturated rings. The van der Waals surface area contributed by atoms with Gasteiger partial charge in [-0.25, -0.2) is 13.9 Å². The third-order valence-corrected chi connectivity index (χ3v) is 4.09. The molecule has 0 aromatic rings. The second kappa shape index (κ2) is 11.7. The van der Waals surface area contributed by atoms with E-state index in [1.165, 1.54) is 0 Å². The molecule has 0 radical (unpaired) electrons. The molecule has 0 saturated carbocycles. The lowest BCUT2D eigenvalue weighted by atomic mass is 10.0. The number of nitrogens with two attached hydrogens (primary N) is 1. The Morgan fingerprint density at radius 2 is 1.34 bits per heavy atom. The van der Waals surface area contributed by atoms with Crippen LogP contribution in [0.25, 0.3) is 0 Å². The number of phosphoric acid groups is 2. The third-order valence-electron chi connectivity index (χ3n) is 3.12. The van der Waals surface area contributed by atoms with E-state index in [1.54, 1.807) is 13.8 Å². The maximum Gasteiger partial charge on any atom is 0.469 e. The fraction of sp³-hybridized carbons (Fsp3) is 0.750. The molecule has 0 heterocycles. The highest BCUT2D eigenvalue weighted by atomic mass is 31.2. The predicted octanol–water partition coefficient (Wildman–Crippen LogP) is -2.37. The lowest BCUT2D eigenvalue weighted by molar-refractivity contribution is -0.143. The van der Waals surface area contributed by atoms with Crippen molar-refractivity contribution in [3.8, 4) is 0 Å². The molecule has 0 aliphatic heterocycles. The molecule has 0 bridgehead atoms. The van der Waals surface area contributed by atoms with Crippen molar-refractivity contribution in [1.29, 1.82) is 0 Å². The zero-order valence-corrected chi connectivity index (χ0v) is 17.3. The van der Waals surface area contributed by atoms with Crippen molar-refractivity contribution in [2.24, 2.45) is 11.7 Å². The average molecular weight is 465 g/mol. The van der Waals surface area contributed by atoms with Gasteiger partial charge in [0.1, 0.15) is 12.1 Å². The molecule has 0 saturated heterocycles. The van der Waals surface area contributed by atoms with Gasteiger partial charge in [0, 0.05) is 0 Å². The summed E-state index contributed by atoms with van der Waals surface area (Å²) in [5.74, 6) is -3.81. The number of aliphatic carboxylic acids is 1. The molecule has 0 aromatic carbocycles. The van der Waals surface area contributed by atoms with Crippen molar-refractivity contribution in [3.63, 3.8) is 0 Å². The molecule has 9 N–H and O–H groups in total. The summed E-state index contributed by atoms with van der Waals surface area (Å²) < 4.78 is 29.5. The van der Waals surface area contributed by atoms with Crippen molar-refractivity contribution in [2.75, 3.05) is 13.2 Å². The fourth-order valence-corrected chi connectivity index (χ4v) is 2.55. The third kappa shape index (κ3) is 13.4. The first-order valence-corrected chi connectivity index (χ1v) is 11.1. The number of amides is 2. The number of hydrogen-bond acceptors (Lipinski definition) is 8. The molecule has 17 heteroatoms. The maximum absolute atomic E-state index is 12.4. The smallest absolute Gasteiger partial charge is 0.469 e. The van der Waals surface area contributed by atoms with Gasteiger partial charge >= 0.3 is 21.6 Å². The lowest BCUT2D eigenvalue weighted by Gasteiger charge is -2.24. The number of phosphoric ester groups is 2. The topological polar surface area (TPSA) is 255 Å². The summed E-state index contributed by atoms with van der Waals surface area (Å²) in [5.41, 5.74) is 5.44. The van der Waals surface area contributed by atoms with Crippen LogP contribution in [-0.4, -0.2) is 73.8 Å². The van der Waals surface area contributed by atoms with Crippen LogP contribution in [0.1, 0.15) is 20.3 Å². The van der Waals surface area contributed by atoms with Crippen LogP contribution >= 0.6 is 15.6 Å². The summed E-state index contributed by atoms with van der Waals surface area (Å²) in [5, 5.41) is 13.2. The average Bonchev–Trinajstić information content (AvgIpc) is 2.53. The van der Waals surface area contributed by atoms with Crippen molar-refractivity contribution in [1.82, 2.24) is 10.6 Å². The number of carboxylic acid groups (broad SMARTS) is 1. The number of carbonyl (C=O) groups excluding carboxylic acids is 2. The number of nitrogens with one attached hydrogen (secondary N) is 2. The highest BCUT2D eigenvalue weighted by Gasteiger charge is 2.30. The van der Waals surface area contributed by atoms with Crippen molar-refractivity contribution < 1.29 is 57.2 Å². The van der Waals surface area contributed by atoms with E-state index in [9.17, 15) is 23.5 Å². The Balaban J connectivity index is 5.11. The Morgan fingerprint density at radius 3 is 1.76 bits per heavy atom. The molecule has 0 aromatic heterocycles. The van der Waals surface area contributed by atoms with Crippen LogP contribution in [-0.2, 0) is 32.6 Å². The zero-order valence-electron chi connectivity index (χ0n) is 15.5. The van der Waals surface area contributed by atoms with Crippen LogP contribution in [0.5, 0.6) is 0 Å². The Hall–Kier alpha value is -1.41. The van der Waals surface area contributed by atoms with Crippen molar-refractivity contribution in [3.05, 3.63) is 0 Å². The Bertz CT molecular complexity index is 675. The Kier molecular flexibility index (Phi) is 11.1. The van der Waals surface area contributed by atoms with Gasteiger partial charge in [0.2, 0.25) is 11.8 Å². The molecule has 170 valence electrons. The largest absolute Gasteiger partial charge is 0.480 e. The molecule has 15 nitrogen and oxygen atoms in total. The predicted molar refractivity (Wildman–Crippen MR) is 94.9 cm³/mol. The standard InChI is InChI=1S/C12H25N3O12P2/c1-6(2)3-8(14-10(16)7(13)4-26-28(20,21)22)11(17)15-9(12(18)19)5-27-29(23,24)25/h6-9H,3-5,13H2,1-2H3,(H,14,16)(H,15,17)(H,18,19)(H2,20,21,22)(H2,23,24,25)/t7-,8-,9-/m0/s1. The summed E-state index contributed by atoms with van der Waals surface area (Å²) >= 11 is 0. The van der Waals surface area contributed by atoms with Crippen molar-refractivity contribution >= 4 is 33.4 Å².